The second kappa shape index (κ2) is 6.94. The van der Waals surface area contributed by atoms with Crippen LogP contribution in [0.5, 0.6) is 0 Å². The highest BCUT2D eigenvalue weighted by Crippen LogP contribution is 2.12. The van der Waals surface area contributed by atoms with Gasteiger partial charge in [0.1, 0.15) is 5.60 Å². The summed E-state index contributed by atoms with van der Waals surface area (Å²) in [5, 5.41) is 3.59. The molecule has 0 aromatic heterocycles. The average Bonchev–Trinajstić information content (AvgIpc) is 2.28. The Labute approximate surface area is 123 Å². The van der Waals surface area contributed by atoms with E-state index >= 15 is 0 Å². The van der Waals surface area contributed by atoms with Crippen molar-refractivity contribution < 1.29 is 9.53 Å². The highest BCUT2D eigenvalue weighted by atomic mass is 79.9. The Morgan fingerprint density at radius 2 is 2.00 bits per heavy atom. The van der Waals surface area contributed by atoms with E-state index in [0.717, 1.165) is 6.42 Å². The summed E-state index contributed by atoms with van der Waals surface area (Å²) in [7, 11) is 0. The van der Waals surface area contributed by atoms with E-state index in [2.05, 4.69) is 40.3 Å². The fourth-order valence-corrected chi connectivity index (χ4v) is 2.11. The molecule has 0 fully saturated rings. The van der Waals surface area contributed by atoms with Crippen LogP contribution in [0.2, 0.25) is 0 Å². The molecular formula is C15H22BrNO2. The zero-order valence-corrected chi connectivity index (χ0v) is 13.6. The van der Waals surface area contributed by atoms with Crippen LogP contribution in [0.4, 0.5) is 4.79 Å². The third kappa shape index (κ3) is 6.10. The number of rotatable bonds is 4. The zero-order valence-electron chi connectivity index (χ0n) is 12.0. The Bertz CT molecular complexity index is 426. The van der Waals surface area contributed by atoms with Crippen LogP contribution >= 0.6 is 15.9 Å². The number of nitrogens with one attached hydrogen (secondary N) is 1. The van der Waals surface area contributed by atoms with Crippen molar-refractivity contribution in [3.63, 3.8) is 0 Å². The van der Waals surface area contributed by atoms with Crippen molar-refractivity contribution in [1.29, 1.82) is 0 Å². The van der Waals surface area contributed by atoms with Gasteiger partial charge in [0, 0.05) is 11.4 Å². The summed E-state index contributed by atoms with van der Waals surface area (Å²) >= 11 is 3.44. The van der Waals surface area contributed by atoms with Crippen LogP contribution < -0.4 is 5.32 Å². The molecule has 19 heavy (non-hydrogen) atoms. The summed E-state index contributed by atoms with van der Waals surface area (Å²) in [6.45, 7) is 7.65. The highest BCUT2D eigenvalue weighted by Gasteiger charge is 2.19. The van der Waals surface area contributed by atoms with Crippen LogP contribution in [-0.2, 0) is 11.2 Å². The third-order valence-corrected chi connectivity index (χ3v) is 3.42. The van der Waals surface area contributed by atoms with Crippen molar-refractivity contribution in [2.75, 3.05) is 5.33 Å². The summed E-state index contributed by atoms with van der Waals surface area (Å²) in [6, 6.07) is 8.22. The maximum absolute atomic E-state index is 11.7. The van der Waals surface area contributed by atoms with Crippen molar-refractivity contribution >= 4 is 22.0 Å². The minimum absolute atomic E-state index is 0.0240. The minimum Gasteiger partial charge on any atom is -0.444 e. The Morgan fingerprint density at radius 3 is 2.53 bits per heavy atom. The molecule has 1 unspecified atom stereocenters. The van der Waals surface area contributed by atoms with E-state index in [1.807, 2.05) is 32.9 Å². The van der Waals surface area contributed by atoms with E-state index in [-0.39, 0.29) is 12.1 Å². The number of alkyl halides is 1. The van der Waals surface area contributed by atoms with Crippen molar-refractivity contribution in [2.45, 2.75) is 45.8 Å². The van der Waals surface area contributed by atoms with E-state index in [1.165, 1.54) is 11.1 Å². The largest absolute Gasteiger partial charge is 0.444 e. The topological polar surface area (TPSA) is 38.3 Å². The maximum atomic E-state index is 11.7. The number of halogens is 1. The molecule has 0 bridgehead atoms. The molecule has 1 aromatic rings. The first-order chi connectivity index (χ1) is 8.81. The lowest BCUT2D eigenvalue weighted by Crippen LogP contribution is -2.41. The minimum atomic E-state index is -0.469. The SMILES string of the molecule is Cc1ccccc1CC(CBr)NC(=O)OC(C)(C)C. The number of hydrogen-bond donors (Lipinski definition) is 1. The fraction of sp³-hybridized carbons (Fsp3) is 0.533. The summed E-state index contributed by atoms with van der Waals surface area (Å²) in [5.74, 6) is 0. The van der Waals surface area contributed by atoms with Crippen LogP contribution in [0.1, 0.15) is 31.9 Å². The number of aryl methyl sites for hydroxylation is 1. The predicted octanol–water partition coefficient (Wildman–Crippen LogP) is 3.83. The van der Waals surface area contributed by atoms with Crippen LogP contribution in [-0.4, -0.2) is 23.1 Å². The van der Waals surface area contributed by atoms with Gasteiger partial charge in [-0.15, -0.1) is 0 Å². The molecule has 0 aliphatic heterocycles. The molecule has 0 aliphatic carbocycles. The lowest BCUT2D eigenvalue weighted by atomic mass is 10.0. The molecule has 3 nitrogen and oxygen atoms in total. The number of benzene rings is 1. The molecule has 1 atom stereocenters. The standard InChI is InChI=1S/C15H22BrNO2/c1-11-7-5-6-8-12(11)9-13(10-16)17-14(18)19-15(2,3)4/h5-8,13H,9-10H2,1-4H3,(H,17,18). The summed E-state index contributed by atoms with van der Waals surface area (Å²) in [6.07, 6.45) is 0.419. The Kier molecular flexibility index (Phi) is 5.85. The van der Waals surface area contributed by atoms with E-state index < -0.39 is 5.60 Å². The number of alkyl carbamates (subject to hydrolysis) is 1. The Hall–Kier alpha value is -1.03. The molecule has 0 heterocycles. The molecule has 1 N–H and O–H groups in total. The molecule has 0 spiro atoms. The normalized spacial score (nSPS) is 12.9. The van der Waals surface area contributed by atoms with Gasteiger partial charge < -0.3 is 10.1 Å². The first-order valence-electron chi connectivity index (χ1n) is 6.42. The molecule has 1 aromatic carbocycles. The molecule has 1 amide bonds. The fourth-order valence-electron chi connectivity index (χ4n) is 1.72. The summed E-state index contributed by atoms with van der Waals surface area (Å²) < 4.78 is 5.27. The summed E-state index contributed by atoms with van der Waals surface area (Å²) in [5.41, 5.74) is 2.01. The molecule has 0 saturated carbocycles. The van der Waals surface area contributed by atoms with Gasteiger partial charge in [0.15, 0.2) is 0 Å². The number of carbonyl (C=O) groups is 1. The van der Waals surface area contributed by atoms with Crippen LogP contribution in [0.15, 0.2) is 24.3 Å². The monoisotopic (exact) mass is 327 g/mol. The van der Waals surface area contributed by atoms with Gasteiger partial charge in [-0.3, -0.25) is 0 Å². The smallest absolute Gasteiger partial charge is 0.407 e. The molecule has 106 valence electrons. The number of carbonyl (C=O) groups excluding carboxylic acids is 1. The van der Waals surface area contributed by atoms with Gasteiger partial charge in [0.25, 0.3) is 0 Å². The van der Waals surface area contributed by atoms with Gasteiger partial charge in [-0.1, -0.05) is 40.2 Å². The van der Waals surface area contributed by atoms with Gasteiger partial charge in [-0.25, -0.2) is 4.79 Å². The van der Waals surface area contributed by atoms with E-state index in [0.29, 0.717) is 5.33 Å². The van der Waals surface area contributed by atoms with Crippen LogP contribution in [0.25, 0.3) is 0 Å². The highest BCUT2D eigenvalue weighted by molar-refractivity contribution is 9.09. The zero-order chi connectivity index (χ0) is 14.5. The lowest BCUT2D eigenvalue weighted by Gasteiger charge is -2.23. The lowest BCUT2D eigenvalue weighted by molar-refractivity contribution is 0.0510. The molecular weight excluding hydrogens is 306 g/mol. The molecule has 4 heteroatoms. The van der Waals surface area contributed by atoms with Crippen LogP contribution in [0, 0.1) is 6.92 Å². The maximum Gasteiger partial charge on any atom is 0.407 e. The van der Waals surface area contributed by atoms with Crippen molar-refractivity contribution in [3.05, 3.63) is 35.4 Å². The van der Waals surface area contributed by atoms with Crippen molar-refractivity contribution in [2.24, 2.45) is 0 Å². The molecule has 0 saturated heterocycles. The summed E-state index contributed by atoms with van der Waals surface area (Å²) in [4.78, 5) is 11.7. The second-order valence-electron chi connectivity index (χ2n) is 5.63. The van der Waals surface area contributed by atoms with Crippen LogP contribution in [0.3, 0.4) is 0 Å². The predicted molar refractivity (Wildman–Crippen MR) is 81.8 cm³/mol. The quantitative estimate of drug-likeness (QED) is 0.853. The molecule has 0 aliphatic rings. The van der Waals surface area contributed by atoms with Gasteiger partial charge in [0.2, 0.25) is 0 Å². The van der Waals surface area contributed by atoms with Gasteiger partial charge in [-0.2, -0.15) is 0 Å². The first-order valence-corrected chi connectivity index (χ1v) is 7.54. The third-order valence-electron chi connectivity index (χ3n) is 2.63. The molecule has 1 rings (SSSR count). The van der Waals surface area contributed by atoms with Gasteiger partial charge >= 0.3 is 6.09 Å². The van der Waals surface area contributed by atoms with Crippen molar-refractivity contribution in [1.82, 2.24) is 5.32 Å². The average molecular weight is 328 g/mol. The molecule has 0 radical (unpaired) electrons. The van der Waals surface area contributed by atoms with E-state index in [9.17, 15) is 4.79 Å². The first kappa shape index (κ1) is 16.0. The van der Waals surface area contributed by atoms with E-state index in [1.54, 1.807) is 0 Å². The number of hydrogen-bond acceptors (Lipinski definition) is 2. The number of amides is 1. The van der Waals surface area contributed by atoms with Gasteiger partial charge in [-0.05, 0) is 45.2 Å². The van der Waals surface area contributed by atoms with E-state index in [4.69, 9.17) is 4.74 Å². The second-order valence-corrected chi connectivity index (χ2v) is 6.28. The van der Waals surface area contributed by atoms with Gasteiger partial charge in [0.05, 0.1) is 0 Å². The number of ether oxygens (including phenoxy) is 1. The Balaban J connectivity index is 2.60. The van der Waals surface area contributed by atoms with Crippen molar-refractivity contribution in [3.8, 4) is 0 Å². The Morgan fingerprint density at radius 1 is 1.37 bits per heavy atom.